The SMILES string of the molecule is O=C(OCc1ccccc1)N1NC2C=CC1CC2. The summed E-state index contributed by atoms with van der Waals surface area (Å²) in [5, 5.41) is 1.61. The summed E-state index contributed by atoms with van der Waals surface area (Å²) in [5.41, 5.74) is 4.16. The molecular weight excluding hydrogens is 228 g/mol. The van der Waals surface area contributed by atoms with Crippen molar-refractivity contribution < 1.29 is 9.53 Å². The molecule has 4 rings (SSSR count). The number of carbonyl (C=O) groups excluding carboxylic acids is 1. The maximum atomic E-state index is 12.0. The summed E-state index contributed by atoms with van der Waals surface area (Å²) in [6, 6.07) is 10.1. The van der Waals surface area contributed by atoms with E-state index in [2.05, 4.69) is 17.6 Å². The number of fused-ring (bicyclic) bond motifs is 2. The molecule has 1 amide bonds. The smallest absolute Gasteiger partial charge is 0.425 e. The van der Waals surface area contributed by atoms with Crippen molar-refractivity contribution in [2.24, 2.45) is 0 Å². The van der Waals surface area contributed by atoms with Crippen LogP contribution in [0.2, 0.25) is 0 Å². The lowest BCUT2D eigenvalue weighted by Gasteiger charge is -2.41. The van der Waals surface area contributed by atoms with Gasteiger partial charge < -0.3 is 4.74 Å². The summed E-state index contributed by atoms with van der Waals surface area (Å²) in [6.45, 7) is 0.318. The maximum absolute atomic E-state index is 12.0. The number of carbonyl (C=O) groups is 1. The quantitative estimate of drug-likeness (QED) is 0.811. The second kappa shape index (κ2) is 4.82. The molecule has 2 atom stereocenters. The number of nitrogens with one attached hydrogen (secondary N) is 1. The van der Waals surface area contributed by atoms with E-state index < -0.39 is 0 Å². The van der Waals surface area contributed by atoms with Crippen LogP contribution in [0.25, 0.3) is 0 Å². The molecule has 0 radical (unpaired) electrons. The largest absolute Gasteiger partial charge is 0.444 e. The lowest BCUT2D eigenvalue weighted by atomic mass is 9.96. The minimum absolute atomic E-state index is 0.137. The van der Waals surface area contributed by atoms with E-state index in [1.807, 2.05) is 30.3 Å². The van der Waals surface area contributed by atoms with Gasteiger partial charge >= 0.3 is 6.09 Å². The molecular formula is C14H16N2O2. The molecule has 1 aromatic rings. The molecule has 1 saturated heterocycles. The molecule has 4 nitrogen and oxygen atoms in total. The van der Waals surface area contributed by atoms with Gasteiger partial charge in [0.25, 0.3) is 0 Å². The van der Waals surface area contributed by atoms with Crippen LogP contribution in [0.5, 0.6) is 0 Å². The van der Waals surface area contributed by atoms with Gasteiger partial charge in [-0.15, -0.1) is 0 Å². The normalized spacial score (nSPS) is 25.2. The van der Waals surface area contributed by atoms with Crippen LogP contribution < -0.4 is 5.43 Å². The van der Waals surface area contributed by atoms with Gasteiger partial charge in [-0.05, 0) is 18.4 Å². The molecule has 2 bridgehead atoms. The van der Waals surface area contributed by atoms with Crippen molar-refractivity contribution >= 4 is 6.09 Å². The second-order valence-corrected chi connectivity index (χ2v) is 4.68. The Bertz CT molecular complexity index is 458. The van der Waals surface area contributed by atoms with Crippen LogP contribution in [0.4, 0.5) is 4.79 Å². The number of amides is 1. The zero-order valence-corrected chi connectivity index (χ0v) is 10.1. The third kappa shape index (κ3) is 2.24. The zero-order chi connectivity index (χ0) is 12.4. The van der Waals surface area contributed by atoms with Crippen LogP contribution in [0, 0.1) is 0 Å². The fourth-order valence-electron chi connectivity index (χ4n) is 2.38. The second-order valence-electron chi connectivity index (χ2n) is 4.68. The van der Waals surface area contributed by atoms with Gasteiger partial charge in [-0.1, -0.05) is 42.5 Å². The Morgan fingerprint density at radius 3 is 2.72 bits per heavy atom. The van der Waals surface area contributed by atoms with Crippen LogP contribution in [-0.2, 0) is 11.3 Å². The Morgan fingerprint density at radius 1 is 1.28 bits per heavy atom. The molecule has 1 fully saturated rings. The highest BCUT2D eigenvalue weighted by Crippen LogP contribution is 2.23. The number of ether oxygens (including phenoxy) is 1. The van der Waals surface area contributed by atoms with Crippen LogP contribution in [0.3, 0.4) is 0 Å². The molecule has 0 spiro atoms. The molecule has 2 aliphatic heterocycles. The summed E-state index contributed by atoms with van der Waals surface area (Å²) in [6.07, 6.45) is 6.00. The molecule has 4 heteroatoms. The average Bonchev–Trinajstić information content (AvgIpc) is 2.47. The standard InChI is InChI=1S/C14H16N2O2/c17-14(18-10-11-4-2-1-3-5-11)16-13-8-6-12(15-16)7-9-13/h1-6,8,12-13,15H,7,9-10H2. The van der Waals surface area contributed by atoms with Gasteiger partial charge in [0.1, 0.15) is 6.61 Å². The van der Waals surface area contributed by atoms with Crippen molar-refractivity contribution in [3.8, 4) is 0 Å². The van der Waals surface area contributed by atoms with Crippen LogP contribution in [0.15, 0.2) is 42.5 Å². The first-order chi connectivity index (χ1) is 8.83. The van der Waals surface area contributed by atoms with E-state index in [9.17, 15) is 4.79 Å². The molecule has 1 aromatic carbocycles. The van der Waals surface area contributed by atoms with Crippen molar-refractivity contribution in [2.75, 3.05) is 0 Å². The Morgan fingerprint density at radius 2 is 2.11 bits per heavy atom. The molecule has 0 aromatic heterocycles. The Balaban J connectivity index is 1.58. The fourth-order valence-corrected chi connectivity index (χ4v) is 2.38. The first-order valence-electron chi connectivity index (χ1n) is 6.27. The van der Waals surface area contributed by atoms with E-state index in [0.717, 1.165) is 18.4 Å². The molecule has 3 aliphatic rings. The van der Waals surface area contributed by atoms with E-state index >= 15 is 0 Å². The van der Waals surface area contributed by atoms with Gasteiger partial charge in [-0.25, -0.2) is 15.2 Å². The Kier molecular flexibility index (Phi) is 3.02. The Labute approximate surface area is 106 Å². The van der Waals surface area contributed by atoms with E-state index in [-0.39, 0.29) is 18.2 Å². The zero-order valence-electron chi connectivity index (χ0n) is 10.1. The minimum atomic E-state index is -0.294. The van der Waals surface area contributed by atoms with Crippen molar-refractivity contribution in [1.29, 1.82) is 0 Å². The highest BCUT2D eigenvalue weighted by atomic mass is 16.6. The number of hydrogen-bond acceptors (Lipinski definition) is 3. The minimum Gasteiger partial charge on any atom is -0.444 e. The van der Waals surface area contributed by atoms with Gasteiger partial charge in [0.2, 0.25) is 0 Å². The molecule has 94 valence electrons. The first kappa shape index (κ1) is 11.3. The topological polar surface area (TPSA) is 41.6 Å². The van der Waals surface area contributed by atoms with Gasteiger partial charge in [0.15, 0.2) is 0 Å². The molecule has 2 unspecified atom stereocenters. The third-order valence-electron chi connectivity index (χ3n) is 3.38. The van der Waals surface area contributed by atoms with Crippen molar-refractivity contribution in [2.45, 2.75) is 31.5 Å². The lowest BCUT2D eigenvalue weighted by Crippen LogP contribution is -2.58. The predicted octanol–water partition coefficient (Wildman–Crippen LogP) is 2.23. The molecule has 0 saturated carbocycles. The number of benzene rings is 1. The lowest BCUT2D eigenvalue weighted by molar-refractivity contribution is 0.0382. The van der Waals surface area contributed by atoms with Gasteiger partial charge in [-0.3, -0.25) is 0 Å². The van der Waals surface area contributed by atoms with E-state index in [0.29, 0.717) is 6.61 Å². The Hall–Kier alpha value is -1.81. The molecule has 1 N–H and O–H groups in total. The van der Waals surface area contributed by atoms with Crippen LogP contribution in [-0.4, -0.2) is 23.2 Å². The number of hydrazine groups is 1. The molecule has 2 heterocycles. The number of rotatable bonds is 2. The van der Waals surface area contributed by atoms with E-state index in [4.69, 9.17) is 4.74 Å². The van der Waals surface area contributed by atoms with Crippen molar-refractivity contribution in [3.05, 3.63) is 48.0 Å². The summed E-state index contributed by atoms with van der Waals surface area (Å²) < 4.78 is 5.31. The fraction of sp³-hybridized carbons (Fsp3) is 0.357. The summed E-state index contributed by atoms with van der Waals surface area (Å²) >= 11 is 0. The number of nitrogens with zero attached hydrogens (tertiary/aromatic N) is 1. The third-order valence-corrected chi connectivity index (χ3v) is 3.38. The van der Waals surface area contributed by atoms with Crippen LogP contribution >= 0.6 is 0 Å². The van der Waals surface area contributed by atoms with E-state index in [1.165, 1.54) is 0 Å². The van der Waals surface area contributed by atoms with Gasteiger partial charge in [-0.2, -0.15) is 0 Å². The highest BCUT2D eigenvalue weighted by Gasteiger charge is 2.33. The maximum Gasteiger partial charge on any atom is 0.425 e. The monoisotopic (exact) mass is 244 g/mol. The summed E-state index contributed by atoms with van der Waals surface area (Å²) in [5.74, 6) is 0. The summed E-state index contributed by atoms with van der Waals surface area (Å²) in [4.78, 5) is 12.0. The summed E-state index contributed by atoms with van der Waals surface area (Å²) in [7, 11) is 0. The first-order valence-corrected chi connectivity index (χ1v) is 6.27. The van der Waals surface area contributed by atoms with Crippen molar-refractivity contribution in [1.82, 2.24) is 10.4 Å². The molecule has 1 aliphatic carbocycles. The predicted molar refractivity (Wildman–Crippen MR) is 67.6 cm³/mol. The van der Waals surface area contributed by atoms with Crippen LogP contribution in [0.1, 0.15) is 18.4 Å². The average molecular weight is 244 g/mol. The highest BCUT2D eigenvalue weighted by molar-refractivity contribution is 5.68. The molecule has 18 heavy (non-hydrogen) atoms. The van der Waals surface area contributed by atoms with Gasteiger partial charge in [0.05, 0.1) is 6.04 Å². The van der Waals surface area contributed by atoms with Gasteiger partial charge in [0, 0.05) is 6.04 Å². The van der Waals surface area contributed by atoms with E-state index in [1.54, 1.807) is 5.01 Å². The number of hydrogen-bond donors (Lipinski definition) is 1. The van der Waals surface area contributed by atoms with Crippen molar-refractivity contribution in [3.63, 3.8) is 0 Å².